The average Bonchev–Trinajstić information content (AvgIpc) is 1.35. The van der Waals surface area contributed by atoms with E-state index >= 15 is 0 Å². The van der Waals surface area contributed by atoms with Crippen LogP contribution < -0.4 is 0 Å². The van der Waals surface area contributed by atoms with E-state index in [4.69, 9.17) is 37.0 Å². The summed E-state index contributed by atoms with van der Waals surface area (Å²) in [5.74, 6) is -2.23. The maximum Gasteiger partial charge on any atom is 0.472 e. The molecule has 0 heterocycles. The molecule has 94 heavy (non-hydrogen) atoms. The number of hydrogen-bond acceptors (Lipinski definition) is 15. The standard InChI is InChI=1S/C75H132O17P2/c1-5-9-13-17-21-25-29-32-34-37-40-43-47-51-55-59-72(77)85-65-70(91-74(79)61-57-53-49-45-39-28-24-20-16-12-8-4)67-89-93(81,82)87-63-69(76)64-88-94(83,84)90-68-71(92-75(80)62-58-54-50-46-42-36-31-27-23-19-15-11-7-3)66-86-73(78)60-56-52-48-44-41-38-35-33-30-26-22-18-14-10-6-2/h9,13,21-22,25-27,31-35,40,43,69-71,76H,5-8,10-12,14-20,23-24,28-30,36-39,41-42,44-68H2,1-4H3,(H,81,82)(H,83,84)/b13-9-,25-21-,26-22-,31-27-,34-32-,35-33-,43-40-. The molecule has 5 atom stereocenters. The summed E-state index contributed by atoms with van der Waals surface area (Å²) in [4.78, 5) is 72.6. The summed E-state index contributed by atoms with van der Waals surface area (Å²) >= 11 is 0. The molecule has 5 unspecified atom stereocenters. The molecule has 17 nitrogen and oxygen atoms in total. The van der Waals surface area contributed by atoms with E-state index in [1.165, 1.54) is 83.5 Å². The summed E-state index contributed by atoms with van der Waals surface area (Å²) in [7, 11) is -9.95. The molecule has 0 aliphatic carbocycles. The number of carbonyl (C=O) groups excluding carboxylic acids is 4. The van der Waals surface area contributed by atoms with Gasteiger partial charge in [-0.3, -0.25) is 37.3 Å². The molecule has 0 amide bonds. The van der Waals surface area contributed by atoms with Gasteiger partial charge in [-0.25, -0.2) is 9.13 Å². The number of esters is 4. The first-order valence-corrected chi connectivity index (χ1v) is 39.8. The van der Waals surface area contributed by atoms with E-state index in [0.717, 1.165) is 148 Å². The topological polar surface area (TPSA) is 237 Å². The Morgan fingerprint density at radius 1 is 0.309 bits per heavy atom. The quantitative estimate of drug-likeness (QED) is 0.0169. The first kappa shape index (κ1) is 90.2. The summed E-state index contributed by atoms with van der Waals surface area (Å²) < 4.78 is 68.3. The van der Waals surface area contributed by atoms with Crippen LogP contribution in [0, 0.1) is 0 Å². The van der Waals surface area contributed by atoms with Gasteiger partial charge in [-0.05, 0) is 122 Å². The van der Waals surface area contributed by atoms with Gasteiger partial charge in [-0.1, -0.05) is 248 Å². The summed E-state index contributed by atoms with van der Waals surface area (Å²) in [6.07, 6.45) is 67.3. The Morgan fingerprint density at radius 3 is 0.915 bits per heavy atom. The van der Waals surface area contributed by atoms with Gasteiger partial charge in [0.2, 0.25) is 0 Å². The van der Waals surface area contributed by atoms with Crippen molar-refractivity contribution in [2.24, 2.45) is 0 Å². The minimum absolute atomic E-state index is 0.0827. The van der Waals surface area contributed by atoms with Crippen LogP contribution in [-0.2, 0) is 65.4 Å². The monoisotopic (exact) mass is 1370 g/mol. The second-order valence-corrected chi connectivity index (χ2v) is 27.4. The molecule has 544 valence electrons. The highest BCUT2D eigenvalue weighted by Crippen LogP contribution is 2.45. The van der Waals surface area contributed by atoms with Gasteiger partial charge < -0.3 is 33.8 Å². The van der Waals surface area contributed by atoms with Gasteiger partial charge in [0.25, 0.3) is 0 Å². The van der Waals surface area contributed by atoms with E-state index < -0.39 is 97.5 Å². The molecule has 0 radical (unpaired) electrons. The van der Waals surface area contributed by atoms with E-state index in [1.54, 1.807) is 0 Å². The third kappa shape index (κ3) is 66.8. The first-order valence-electron chi connectivity index (χ1n) is 36.8. The fourth-order valence-electron chi connectivity index (χ4n) is 9.71. The predicted octanol–water partition coefficient (Wildman–Crippen LogP) is 20.7. The molecule has 0 aliphatic rings. The first-order chi connectivity index (χ1) is 45.7. The minimum Gasteiger partial charge on any atom is -0.462 e. The zero-order valence-corrected chi connectivity index (χ0v) is 60.9. The van der Waals surface area contributed by atoms with Crippen LogP contribution >= 0.6 is 15.6 Å². The highest BCUT2D eigenvalue weighted by molar-refractivity contribution is 7.47. The van der Waals surface area contributed by atoms with Crippen molar-refractivity contribution in [1.29, 1.82) is 0 Å². The zero-order valence-electron chi connectivity index (χ0n) is 59.1. The van der Waals surface area contributed by atoms with Gasteiger partial charge >= 0.3 is 39.5 Å². The Morgan fingerprint density at radius 2 is 0.553 bits per heavy atom. The van der Waals surface area contributed by atoms with Crippen LogP contribution in [0.2, 0.25) is 0 Å². The predicted molar refractivity (Wildman–Crippen MR) is 381 cm³/mol. The van der Waals surface area contributed by atoms with Crippen LogP contribution in [-0.4, -0.2) is 96.7 Å². The molecule has 0 bridgehead atoms. The number of allylic oxidation sites excluding steroid dienone is 14. The third-order valence-electron chi connectivity index (χ3n) is 15.3. The summed E-state index contributed by atoms with van der Waals surface area (Å²) in [5.41, 5.74) is 0. The number of rotatable bonds is 69. The highest BCUT2D eigenvalue weighted by atomic mass is 31.2. The zero-order chi connectivity index (χ0) is 69.0. The van der Waals surface area contributed by atoms with Crippen molar-refractivity contribution < 1.29 is 80.2 Å². The number of aliphatic hydroxyl groups is 1. The maximum absolute atomic E-state index is 13.0. The summed E-state index contributed by atoms with van der Waals surface area (Å²) in [6, 6.07) is 0. The third-order valence-corrected chi connectivity index (χ3v) is 17.2. The van der Waals surface area contributed by atoms with Crippen LogP contribution in [0.25, 0.3) is 0 Å². The molecule has 0 saturated carbocycles. The number of aliphatic hydroxyl groups excluding tert-OH is 1. The molecule has 19 heteroatoms. The van der Waals surface area contributed by atoms with Crippen molar-refractivity contribution in [3.63, 3.8) is 0 Å². The van der Waals surface area contributed by atoms with Crippen molar-refractivity contribution in [2.75, 3.05) is 39.6 Å². The Hall–Kier alpha value is -3.76. The smallest absolute Gasteiger partial charge is 0.462 e. The second kappa shape index (κ2) is 67.8. The molecule has 0 fully saturated rings. The lowest BCUT2D eigenvalue weighted by molar-refractivity contribution is -0.161. The normalized spacial score (nSPS) is 14.5. The van der Waals surface area contributed by atoms with Gasteiger partial charge in [-0.15, -0.1) is 0 Å². The Bertz CT molecular complexity index is 2120. The molecule has 0 rings (SSSR count). The van der Waals surface area contributed by atoms with Crippen molar-refractivity contribution in [2.45, 2.75) is 329 Å². The molecular weight excluding hydrogens is 1230 g/mol. The maximum atomic E-state index is 13.0. The second-order valence-electron chi connectivity index (χ2n) is 24.5. The van der Waals surface area contributed by atoms with Gasteiger partial charge in [0.1, 0.15) is 19.3 Å². The van der Waals surface area contributed by atoms with E-state index in [0.29, 0.717) is 25.7 Å². The number of hydrogen-bond donors (Lipinski definition) is 3. The lowest BCUT2D eigenvalue weighted by Crippen LogP contribution is -2.30. The van der Waals surface area contributed by atoms with Crippen molar-refractivity contribution in [3.05, 3.63) is 85.1 Å². The number of unbranched alkanes of at least 4 members (excludes halogenated alkanes) is 29. The number of ether oxygens (including phenoxy) is 4. The SMILES string of the molecule is CC/C=C\C/C=C\C/C=C\C/C=C\CCCCC(=O)OCC(COP(=O)(O)OCC(O)COP(=O)(O)OCC(COC(=O)CCCCCCC/C=C\C/C=C\CCCCC)OC(=O)CCCCCCC/C=C\CCCCCC)OC(=O)CCCCCCCCCCCCC. The van der Waals surface area contributed by atoms with Crippen LogP contribution in [0.4, 0.5) is 0 Å². The fourth-order valence-corrected chi connectivity index (χ4v) is 11.3. The van der Waals surface area contributed by atoms with Gasteiger partial charge in [-0.2, -0.15) is 0 Å². The molecule has 0 aromatic heterocycles. The number of phosphoric ester groups is 2. The van der Waals surface area contributed by atoms with Gasteiger partial charge in [0, 0.05) is 25.7 Å². The minimum atomic E-state index is -4.97. The van der Waals surface area contributed by atoms with Crippen molar-refractivity contribution in [3.8, 4) is 0 Å². The van der Waals surface area contributed by atoms with Crippen molar-refractivity contribution in [1.82, 2.24) is 0 Å². The summed E-state index contributed by atoms with van der Waals surface area (Å²) in [5, 5.41) is 10.6. The van der Waals surface area contributed by atoms with Gasteiger partial charge in [0.05, 0.1) is 26.4 Å². The van der Waals surface area contributed by atoms with Crippen LogP contribution in [0.15, 0.2) is 85.1 Å². The highest BCUT2D eigenvalue weighted by Gasteiger charge is 2.30. The number of phosphoric acid groups is 2. The van der Waals surface area contributed by atoms with E-state index in [1.807, 2.05) is 0 Å². The molecule has 0 aliphatic heterocycles. The molecular formula is C75H132O17P2. The van der Waals surface area contributed by atoms with Crippen LogP contribution in [0.1, 0.15) is 310 Å². The van der Waals surface area contributed by atoms with E-state index in [9.17, 15) is 43.2 Å². The van der Waals surface area contributed by atoms with E-state index in [2.05, 4.69) is 113 Å². The Balaban J connectivity index is 5.35. The fraction of sp³-hybridized carbons (Fsp3) is 0.760. The van der Waals surface area contributed by atoms with Crippen LogP contribution in [0.5, 0.6) is 0 Å². The molecule has 0 aromatic carbocycles. The lowest BCUT2D eigenvalue weighted by Gasteiger charge is -2.21. The van der Waals surface area contributed by atoms with Gasteiger partial charge in [0.15, 0.2) is 12.2 Å². The molecule has 0 saturated heterocycles. The Kier molecular flexibility index (Phi) is 65.1. The summed E-state index contributed by atoms with van der Waals surface area (Å²) in [6.45, 7) is 4.65. The van der Waals surface area contributed by atoms with Crippen molar-refractivity contribution >= 4 is 39.5 Å². The Labute approximate surface area is 570 Å². The average molecular weight is 1370 g/mol. The molecule has 3 N–H and O–H groups in total. The van der Waals surface area contributed by atoms with Crippen LogP contribution in [0.3, 0.4) is 0 Å². The number of carbonyl (C=O) groups is 4. The largest absolute Gasteiger partial charge is 0.472 e. The molecule has 0 aromatic rings. The lowest BCUT2D eigenvalue weighted by atomic mass is 10.1. The van der Waals surface area contributed by atoms with E-state index in [-0.39, 0.29) is 25.7 Å². The molecule has 0 spiro atoms.